The van der Waals surface area contributed by atoms with E-state index in [4.69, 9.17) is 9.90 Å². The molecule has 2 rings (SSSR count). The fraction of sp³-hybridized carbons (Fsp3) is 0. The third kappa shape index (κ3) is 3.19. The Morgan fingerprint density at radius 3 is 2.75 bits per heavy atom. The van der Waals surface area contributed by atoms with Crippen molar-refractivity contribution in [3.8, 4) is 5.75 Å². The standard InChI is InChI=1S/C12H9N3O5/c16-9-3-1-8(2-4-9)12(17)14-13-7-10-5-6-11(20-10)15(18)19/h1-7,16H,(H,14,17)/b13-7+/i1D,2D,3D,4D. The summed E-state index contributed by atoms with van der Waals surface area (Å²) in [6.45, 7) is 0. The Hall–Kier alpha value is -3.16. The Balaban J connectivity index is 2.21. The first-order valence-corrected chi connectivity index (χ1v) is 5.11. The molecule has 1 aromatic heterocycles. The maximum absolute atomic E-state index is 12.0. The van der Waals surface area contributed by atoms with Gasteiger partial charge in [0.05, 0.1) is 17.8 Å². The number of carbonyl (C=O) groups excluding carboxylic acids is 1. The highest BCUT2D eigenvalue weighted by Gasteiger charge is 2.10. The first-order chi connectivity index (χ1) is 11.2. The predicted molar refractivity (Wildman–Crippen MR) is 68.5 cm³/mol. The normalized spacial score (nSPS) is 13.4. The number of rotatable bonds is 4. The number of phenols is 1. The number of carbonyl (C=O) groups is 1. The summed E-state index contributed by atoms with van der Waals surface area (Å²) in [7, 11) is 0. The van der Waals surface area contributed by atoms with E-state index in [1.165, 1.54) is 6.07 Å². The molecule has 20 heavy (non-hydrogen) atoms. The van der Waals surface area contributed by atoms with E-state index in [1.54, 1.807) is 0 Å². The van der Waals surface area contributed by atoms with Crippen molar-refractivity contribution in [2.24, 2.45) is 5.10 Å². The van der Waals surface area contributed by atoms with Gasteiger partial charge in [0.15, 0.2) is 5.76 Å². The topological polar surface area (TPSA) is 118 Å². The number of furan rings is 1. The number of nitro groups is 1. The van der Waals surface area contributed by atoms with Gasteiger partial charge in [0.2, 0.25) is 0 Å². The van der Waals surface area contributed by atoms with Crippen molar-refractivity contribution in [2.75, 3.05) is 0 Å². The SMILES string of the molecule is [2H]c1c([2H])c(C(=O)N/N=C/c2ccc([N+](=O)[O-])o2)c([2H])c([2H])c1O. The Bertz CT molecular complexity index is 836. The largest absolute Gasteiger partial charge is 0.508 e. The van der Waals surface area contributed by atoms with E-state index in [-0.39, 0.29) is 5.76 Å². The van der Waals surface area contributed by atoms with Crippen molar-refractivity contribution < 1.29 is 24.7 Å². The molecule has 0 bridgehead atoms. The summed E-state index contributed by atoms with van der Waals surface area (Å²) in [5, 5.41) is 23.3. The molecular weight excluding hydrogens is 266 g/mol. The lowest BCUT2D eigenvalue weighted by molar-refractivity contribution is -0.402. The molecule has 0 aliphatic heterocycles. The Labute approximate surface area is 118 Å². The molecule has 0 aliphatic rings. The smallest absolute Gasteiger partial charge is 0.433 e. The van der Waals surface area contributed by atoms with Crippen LogP contribution in [0.1, 0.15) is 21.6 Å². The Kier molecular flexibility index (Phi) is 2.50. The van der Waals surface area contributed by atoms with Crippen LogP contribution >= 0.6 is 0 Å². The summed E-state index contributed by atoms with van der Waals surface area (Å²) in [5.74, 6) is -2.45. The number of hydrogen-bond acceptors (Lipinski definition) is 6. The summed E-state index contributed by atoms with van der Waals surface area (Å²) in [5.41, 5.74) is 1.35. The van der Waals surface area contributed by atoms with Crippen molar-refractivity contribution in [2.45, 2.75) is 0 Å². The Morgan fingerprint density at radius 1 is 1.45 bits per heavy atom. The van der Waals surface area contributed by atoms with Gasteiger partial charge in [-0.25, -0.2) is 5.43 Å². The molecule has 0 saturated heterocycles. The molecule has 0 unspecified atom stereocenters. The van der Waals surface area contributed by atoms with Crippen LogP contribution in [0.15, 0.2) is 45.8 Å². The third-order valence-corrected chi connectivity index (χ3v) is 1.99. The van der Waals surface area contributed by atoms with E-state index in [1.807, 2.05) is 5.43 Å². The number of nitrogens with zero attached hydrogens (tertiary/aromatic N) is 2. The molecule has 2 N–H and O–H groups in total. The summed E-state index contributed by atoms with van der Waals surface area (Å²) in [6, 6.07) is -0.640. The van der Waals surface area contributed by atoms with Crippen LogP contribution in [0.2, 0.25) is 0 Å². The molecule has 0 aliphatic carbocycles. The summed E-state index contributed by atoms with van der Waals surface area (Å²) < 4.78 is 34.8. The average Bonchev–Trinajstić information content (AvgIpc) is 3.00. The van der Waals surface area contributed by atoms with E-state index in [0.29, 0.717) is 0 Å². The van der Waals surface area contributed by atoms with Crippen LogP contribution in [0.4, 0.5) is 5.88 Å². The molecule has 0 spiro atoms. The zero-order chi connectivity index (χ0) is 18.0. The van der Waals surface area contributed by atoms with Crippen LogP contribution in [0, 0.1) is 10.1 Å². The minimum Gasteiger partial charge on any atom is -0.508 e. The quantitative estimate of drug-likeness (QED) is 0.501. The molecule has 102 valence electrons. The van der Waals surface area contributed by atoms with E-state index in [0.717, 1.165) is 12.3 Å². The van der Waals surface area contributed by atoms with Crippen LogP contribution < -0.4 is 5.43 Å². The molecule has 8 heteroatoms. The first kappa shape index (κ1) is 8.86. The van der Waals surface area contributed by atoms with Gasteiger partial charge in [0.25, 0.3) is 5.91 Å². The van der Waals surface area contributed by atoms with Gasteiger partial charge < -0.3 is 9.52 Å². The lowest BCUT2D eigenvalue weighted by atomic mass is 10.2. The molecule has 8 nitrogen and oxygen atoms in total. The molecule has 0 fully saturated rings. The van der Waals surface area contributed by atoms with Gasteiger partial charge in [-0.2, -0.15) is 5.10 Å². The van der Waals surface area contributed by atoms with E-state index in [9.17, 15) is 20.0 Å². The first-order valence-electron chi connectivity index (χ1n) is 7.11. The highest BCUT2D eigenvalue weighted by atomic mass is 16.6. The lowest BCUT2D eigenvalue weighted by Gasteiger charge is -1.99. The van der Waals surface area contributed by atoms with Gasteiger partial charge in [0.1, 0.15) is 10.7 Å². The molecule has 1 aromatic carbocycles. The van der Waals surface area contributed by atoms with Crippen molar-refractivity contribution in [1.29, 1.82) is 0 Å². The van der Waals surface area contributed by atoms with Gasteiger partial charge in [-0.05, 0) is 30.2 Å². The maximum Gasteiger partial charge on any atom is 0.433 e. The van der Waals surface area contributed by atoms with Crippen molar-refractivity contribution >= 4 is 18.0 Å². The third-order valence-electron chi connectivity index (χ3n) is 1.99. The van der Waals surface area contributed by atoms with Gasteiger partial charge >= 0.3 is 5.88 Å². The predicted octanol–water partition coefficient (Wildman–Crippen LogP) is 1.66. The molecule has 2 aromatic rings. The van der Waals surface area contributed by atoms with Crippen LogP contribution in [0.25, 0.3) is 0 Å². The number of hydrogen-bond donors (Lipinski definition) is 2. The average molecular weight is 279 g/mol. The van der Waals surface area contributed by atoms with E-state index < -0.39 is 52.2 Å². The van der Waals surface area contributed by atoms with E-state index in [2.05, 4.69) is 5.10 Å². The van der Waals surface area contributed by atoms with Crippen LogP contribution in [-0.2, 0) is 0 Å². The molecule has 0 saturated carbocycles. The van der Waals surface area contributed by atoms with Crippen molar-refractivity contribution in [3.63, 3.8) is 0 Å². The van der Waals surface area contributed by atoms with Crippen molar-refractivity contribution in [3.05, 3.63) is 57.7 Å². The second-order valence-corrected chi connectivity index (χ2v) is 3.36. The molecule has 1 amide bonds. The summed E-state index contributed by atoms with van der Waals surface area (Å²) in [6.07, 6.45) is 0.960. The zero-order valence-electron chi connectivity index (χ0n) is 13.7. The summed E-state index contributed by atoms with van der Waals surface area (Å²) in [4.78, 5) is 21.6. The Morgan fingerprint density at radius 2 is 2.15 bits per heavy atom. The molecule has 0 radical (unpaired) electrons. The second-order valence-electron chi connectivity index (χ2n) is 3.36. The number of aromatic hydroxyl groups is 1. The summed E-state index contributed by atoms with van der Waals surface area (Å²) >= 11 is 0. The minimum atomic E-state index is -1.05. The zero-order valence-corrected chi connectivity index (χ0v) is 9.71. The lowest BCUT2D eigenvalue weighted by Crippen LogP contribution is -2.17. The molecule has 0 atom stereocenters. The van der Waals surface area contributed by atoms with Gasteiger partial charge in [0, 0.05) is 5.56 Å². The number of nitrogens with one attached hydrogen (secondary N) is 1. The van der Waals surface area contributed by atoms with Gasteiger partial charge in [-0.15, -0.1) is 0 Å². The van der Waals surface area contributed by atoms with Crippen LogP contribution in [0.5, 0.6) is 5.75 Å². The van der Waals surface area contributed by atoms with Crippen LogP contribution in [-0.4, -0.2) is 22.2 Å². The van der Waals surface area contributed by atoms with Gasteiger partial charge in [-0.3, -0.25) is 14.9 Å². The highest BCUT2D eigenvalue weighted by Crippen LogP contribution is 2.13. The fourth-order valence-electron chi connectivity index (χ4n) is 1.14. The number of hydrazone groups is 1. The second kappa shape index (κ2) is 5.65. The number of amides is 1. The van der Waals surface area contributed by atoms with Crippen LogP contribution in [0.3, 0.4) is 0 Å². The van der Waals surface area contributed by atoms with Crippen molar-refractivity contribution in [1.82, 2.24) is 5.43 Å². The monoisotopic (exact) mass is 279 g/mol. The number of phenolic OH excluding ortho intramolecular Hbond substituents is 1. The molecular formula is C12H9N3O5. The van der Waals surface area contributed by atoms with Gasteiger partial charge in [-0.1, -0.05) is 0 Å². The van der Waals surface area contributed by atoms with E-state index >= 15 is 0 Å². The molecule has 1 heterocycles. The highest BCUT2D eigenvalue weighted by molar-refractivity contribution is 5.94. The fourth-order valence-corrected chi connectivity index (χ4v) is 1.14. The minimum absolute atomic E-state index is 0.0211. The maximum atomic E-state index is 12.0. The number of benzene rings is 1.